The van der Waals surface area contributed by atoms with Crippen LogP contribution in [0.15, 0.2) is 12.7 Å². The van der Waals surface area contributed by atoms with Crippen LogP contribution in [0.25, 0.3) is 0 Å². The van der Waals surface area contributed by atoms with E-state index in [2.05, 4.69) is 6.58 Å². The van der Waals surface area contributed by atoms with E-state index in [1.807, 2.05) is 0 Å². The molecule has 0 rings (SSSR count). The molecule has 0 radical (unpaired) electrons. The van der Waals surface area contributed by atoms with Crippen LogP contribution in [0.4, 0.5) is 0 Å². The number of aliphatic hydroxyl groups is 4. The molecule has 15 heavy (non-hydrogen) atoms. The topological polar surface area (TPSA) is 98.0 Å². The van der Waals surface area contributed by atoms with E-state index in [4.69, 9.17) is 5.11 Å². The Kier molecular flexibility index (Phi) is 5.10. The van der Waals surface area contributed by atoms with Crippen LogP contribution in [0.5, 0.6) is 0 Å². The molecule has 0 saturated heterocycles. The zero-order chi connectivity index (χ0) is 12.2. The summed E-state index contributed by atoms with van der Waals surface area (Å²) in [5.74, 6) is -0.738. The van der Waals surface area contributed by atoms with E-state index in [-0.39, 0.29) is 6.29 Å². The normalized spacial score (nSPS) is 23.3. The molecule has 0 fully saturated rings. The van der Waals surface area contributed by atoms with Crippen molar-refractivity contribution in [1.82, 2.24) is 0 Å². The summed E-state index contributed by atoms with van der Waals surface area (Å²) >= 11 is 0. The molecule has 0 aromatic rings. The van der Waals surface area contributed by atoms with Crippen LogP contribution in [0.3, 0.4) is 0 Å². The lowest BCUT2D eigenvalue weighted by molar-refractivity contribution is -0.168. The molecule has 0 aromatic heterocycles. The molecular weight excluding hydrogens is 200 g/mol. The van der Waals surface area contributed by atoms with Gasteiger partial charge in [-0.2, -0.15) is 0 Å². The zero-order valence-corrected chi connectivity index (χ0v) is 8.87. The van der Waals surface area contributed by atoms with Crippen molar-refractivity contribution in [3.05, 3.63) is 12.7 Å². The van der Waals surface area contributed by atoms with Crippen LogP contribution < -0.4 is 0 Å². The molecule has 0 saturated carbocycles. The Morgan fingerprint density at radius 3 is 2.00 bits per heavy atom. The average molecular weight is 218 g/mol. The first-order valence-electron chi connectivity index (χ1n) is 4.66. The average Bonchev–Trinajstić information content (AvgIpc) is 2.24. The van der Waals surface area contributed by atoms with Crippen molar-refractivity contribution in [3.63, 3.8) is 0 Å². The third-order valence-corrected chi connectivity index (χ3v) is 2.56. The predicted octanol–water partition coefficient (Wildman–Crippen LogP) is -1.16. The van der Waals surface area contributed by atoms with Gasteiger partial charge in [-0.05, 0) is 6.92 Å². The van der Waals surface area contributed by atoms with Crippen molar-refractivity contribution < 1.29 is 25.2 Å². The fourth-order valence-corrected chi connectivity index (χ4v) is 1.17. The molecule has 0 aliphatic carbocycles. The van der Waals surface area contributed by atoms with Gasteiger partial charge in [-0.3, -0.25) is 0 Å². The van der Waals surface area contributed by atoms with Gasteiger partial charge in [0, 0.05) is 5.92 Å². The van der Waals surface area contributed by atoms with Crippen LogP contribution in [0, 0.1) is 5.92 Å². The van der Waals surface area contributed by atoms with Gasteiger partial charge in [0.25, 0.3) is 0 Å². The molecule has 0 heterocycles. The van der Waals surface area contributed by atoms with Crippen molar-refractivity contribution in [2.45, 2.75) is 37.8 Å². The molecule has 5 heteroatoms. The molecule has 0 aliphatic rings. The van der Waals surface area contributed by atoms with E-state index < -0.39 is 29.8 Å². The molecule has 0 bridgehead atoms. The maximum Gasteiger partial charge on any atom is 0.154 e. The molecule has 4 N–H and O–H groups in total. The molecular formula is C10H18O5. The summed E-state index contributed by atoms with van der Waals surface area (Å²) < 4.78 is 0. The predicted molar refractivity (Wildman–Crippen MR) is 54.1 cm³/mol. The lowest BCUT2D eigenvalue weighted by Crippen LogP contribution is -2.56. The number of carbonyl (C=O) groups is 1. The Morgan fingerprint density at radius 1 is 1.27 bits per heavy atom. The highest BCUT2D eigenvalue weighted by atomic mass is 16.4. The summed E-state index contributed by atoms with van der Waals surface area (Å²) in [5, 5.41) is 37.8. The van der Waals surface area contributed by atoms with Crippen molar-refractivity contribution in [2.24, 2.45) is 5.92 Å². The van der Waals surface area contributed by atoms with Crippen molar-refractivity contribution in [3.8, 4) is 0 Å². The second kappa shape index (κ2) is 5.37. The molecule has 5 atom stereocenters. The van der Waals surface area contributed by atoms with Crippen LogP contribution in [-0.2, 0) is 4.79 Å². The third-order valence-electron chi connectivity index (χ3n) is 2.56. The standard InChI is InChI=1S/C10H18O5/c1-4-6(2)10(15,5-11)9(14)8(13)7(3)12/h4-9,12-15H,1H2,2-3H3/t6?,7-,8+,9+,10-/m0/s1. The Balaban J connectivity index is 4.94. The summed E-state index contributed by atoms with van der Waals surface area (Å²) in [5.41, 5.74) is -2.14. The fraction of sp³-hybridized carbons (Fsp3) is 0.700. The summed E-state index contributed by atoms with van der Waals surface area (Å²) in [6.07, 6.45) is -3.17. The second-order valence-electron chi connectivity index (χ2n) is 3.71. The van der Waals surface area contributed by atoms with E-state index in [0.29, 0.717) is 0 Å². The zero-order valence-electron chi connectivity index (χ0n) is 8.87. The number of aldehydes is 1. The number of rotatable bonds is 6. The number of hydrogen-bond donors (Lipinski definition) is 4. The van der Waals surface area contributed by atoms with E-state index in [9.17, 15) is 20.1 Å². The van der Waals surface area contributed by atoms with Gasteiger partial charge in [0.2, 0.25) is 0 Å². The quantitative estimate of drug-likeness (QED) is 0.333. The van der Waals surface area contributed by atoms with E-state index in [1.165, 1.54) is 19.9 Å². The Morgan fingerprint density at radius 2 is 1.73 bits per heavy atom. The first kappa shape index (κ1) is 14.2. The first-order valence-corrected chi connectivity index (χ1v) is 4.66. The number of aliphatic hydroxyl groups excluding tert-OH is 3. The maximum absolute atomic E-state index is 10.7. The second-order valence-corrected chi connectivity index (χ2v) is 3.71. The lowest BCUT2D eigenvalue weighted by atomic mass is 9.81. The molecule has 88 valence electrons. The van der Waals surface area contributed by atoms with Crippen LogP contribution in [0.1, 0.15) is 13.8 Å². The number of hydrogen-bond acceptors (Lipinski definition) is 5. The van der Waals surface area contributed by atoms with Gasteiger partial charge < -0.3 is 25.2 Å². The van der Waals surface area contributed by atoms with E-state index >= 15 is 0 Å². The fourth-order valence-electron chi connectivity index (χ4n) is 1.17. The van der Waals surface area contributed by atoms with E-state index in [1.54, 1.807) is 0 Å². The molecule has 0 aliphatic heterocycles. The summed E-state index contributed by atoms with van der Waals surface area (Å²) in [6, 6.07) is 0. The summed E-state index contributed by atoms with van der Waals surface area (Å²) in [7, 11) is 0. The Labute approximate surface area is 88.7 Å². The summed E-state index contributed by atoms with van der Waals surface area (Å²) in [4.78, 5) is 10.7. The molecule has 5 nitrogen and oxygen atoms in total. The minimum atomic E-state index is -2.14. The minimum Gasteiger partial charge on any atom is -0.391 e. The highest BCUT2D eigenvalue weighted by molar-refractivity contribution is 5.64. The van der Waals surface area contributed by atoms with Gasteiger partial charge in [0.15, 0.2) is 11.9 Å². The van der Waals surface area contributed by atoms with E-state index in [0.717, 1.165) is 0 Å². The largest absolute Gasteiger partial charge is 0.391 e. The Bertz CT molecular complexity index is 228. The van der Waals surface area contributed by atoms with Crippen LogP contribution in [0.2, 0.25) is 0 Å². The van der Waals surface area contributed by atoms with Crippen LogP contribution >= 0.6 is 0 Å². The van der Waals surface area contributed by atoms with Crippen molar-refractivity contribution in [1.29, 1.82) is 0 Å². The molecule has 0 amide bonds. The maximum atomic E-state index is 10.7. The molecule has 0 spiro atoms. The smallest absolute Gasteiger partial charge is 0.154 e. The van der Waals surface area contributed by atoms with Crippen molar-refractivity contribution in [2.75, 3.05) is 0 Å². The van der Waals surface area contributed by atoms with Gasteiger partial charge in [0.05, 0.1) is 6.10 Å². The van der Waals surface area contributed by atoms with Crippen molar-refractivity contribution >= 4 is 6.29 Å². The molecule has 1 unspecified atom stereocenters. The third kappa shape index (κ3) is 2.85. The first-order chi connectivity index (χ1) is 6.81. The van der Waals surface area contributed by atoms with Gasteiger partial charge >= 0.3 is 0 Å². The van der Waals surface area contributed by atoms with Gasteiger partial charge in [-0.15, -0.1) is 6.58 Å². The highest BCUT2D eigenvalue weighted by Gasteiger charge is 2.44. The van der Waals surface area contributed by atoms with Gasteiger partial charge in [0.1, 0.15) is 12.2 Å². The van der Waals surface area contributed by atoms with Gasteiger partial charge in [-0.25, -0.2) is 0 Å². The Hall–Kier alpha value is -0.750. The molecule has 0 aromatic carbocycles. The van der Waals surface area contributed by atoms with Crippen LogP contribution in [-0.4, -0.2) is 50.6 Å². The SMILES string of the molecule is C=CC(C)[C@@](O)(C=O)[C@H](O)[C@H](O)[C@H](C)O. The highest BCUT2D eigenvalue weighted by Crippen LogP contribution is 2.23. The number of carbonyl (C=O) groups excluding carboxylic acids is 1. The lowest BCUT2D eigenvalue weighted by Gasteiger charge is -2.35. The summed E-state index contributed by atoms with van der Waals surface area (Å²) in [6.45, 7) is 6.11. The monoisotopic (exact) mass is 218 g/mol. The van der Waals surface area contributed by atoms with Gasteiger partial charge in [-0.1, -0.05) is 13.0 Å². The minimum absolute atomic E-state index is 0.148.